The van der Waals surface area contributed by atoms with Crippen LogP contribution in [0.5, 0.6) is 0 Å². The van der Waals surface area contributed by atoms with Crippen LogP contribution in [0, 0.1) is 5.82 Å². The van der Waals surface area contributed by atoms with Crippen LogP contribution in [-0.2, 0) is 32.9 Å². The van der Waals surface area contributed by atoms with Crippen LogP contribution in [0.4, 0.5) is 4.39 Å². The van der Waals surface area contributed by atoms with E-state index in [1.807, 2.05) is 48.5 Å². The monoisotopic (exact) mass is 862 g/mol. The highest BCUT2D eigenvalue weighted by Gasteiger charge is 2.29. The molecule has 0 saturated carbocycles. The molecule has 0 amide bonds. The van der Waals surface area contributed by atoms with Crippen molar-refractivity contribution in [3.8, 4) is 0 Å². The molecule has 7 aromatic rings. The lowest BCUT2D eigenvalue weighted by Crippen LogP contribution is -2.26. The van der Waals surface area contributed by atoms with Crippen LogP contribution >= 0.6 is 31.9 Å². The van der Waals surface area contributed by atoms with Crippen LogP contribution in [-0.4, -0.2) is 39.9 Å². The van der Waals surface area contributed by atoms with Crippen LogP contribution in [0.2, 0.25) is 0 Å². The zero-order valence-electron chi connectivity index (χ0n) is 27.5. The molecule has 4 N–H and O–H groups in total. The summed E-state index contributed by atoms with van der Waals surface area (Å²) in [7, 11) is -7.56. The van der Waals surface area contributed by atoms with Gasteiger partial charge >= 0.3 is 0 Å². The van der Waals surface area contributed by atoms with E-state index in [0.717, 1.165) is 58.8 Å². The maximum absolute atomic E-state index is 14.4. The first-order valence-corrected chi connectivity index (χ1v) is 21.0. The normalized spacial score (nSPS) is 12.3. The highest BCUT2D eigenvalue weighted by molar-refractivity contribution is 9.10. The molecule has 0 radical (unpaired) electrons. The number of hydrogen-bond acceptors (Lipinski definition) is 4. The Morgan fingerprint density at radius 3 is 1.38 bits per heavy atom. The SMILES string of the molecule is O=S(=O)(NCCc1c(C(c2ccc(F)cc2)c2[nH]c3ccccc3c2CCNS(=O)(=O)c2ccc(Br)cc2)[nH]c2ccccc12)c1ccc(Br)cc1. The number of fused-ring (bicyclic) bond motifs is 2. The highest BCUT2D eigenvalue weighted by Crippen LogP contribution is 2.40. The number of benzene rings is 5. The van der Waals surface area contributed by atoms with Gasteiger partial charge in [-0.3, -0.25) is 0 Å². The average Bonchev–Trinajstić information content (AvgIpc) is 3.67. The summed E-state index contributed by atoms with van der Waals surface area (Å²) in [6, 6.07) is 34.9. The van der Waals surface area contributed by atoms with E-state index in [-0.39, 0.29) is 28.7 Å². The molecular weight excluding hydrogens is 831 g/mol. The van der Waals surface area contributed by atoms with E-state index in [9.17, 15) is 21.2 Å². The number of para-hydroxylation sites is 2. The molecule has 8 nitrogen and oxygen atoms in total. The first kappa shape index (κ1) is 36.3. The van der Waals surface area contributed by atoms with Gasteiger partial charge in [-0.15, -0.1) is 0 Å². The topological polar surface area (TPSA) is 124 Å². The summed E-state index contributed by atoms with van der Waals surface area (Å²) in [6.45, 7) is 0.252. The molecule has 0 bridgehead atoms. The smallest absolute Gasteiger partial charge is 0.240 e. The standard InChI is InChI=1S/C39H33Br2FN4O4S2/c40-26-11-17-29(18-12-26)51(47,48)43-23-21-33-31-5-1-3-7-35(31)45-38(33)37(25-9-15-28(42)16-10-25)39-34(32-6-2-4-8-36(32)46-39)22-24-44-52(49,50)30-19-13-27(41)14-20-30/h1-20,37,43-46H,21-24H2. The Hall–Kier alpha value is -4.11. The Labute approximate surface area is 318 Å². The summed E-state index contributed by atoms with van der Waals surface area (Å²) in [4.78, 5) is 7.58. The molecule has 0 aliphatic rings. The van der Waals surface area contributed by atoms with Gasteiger partial charge in [0, 0.05) is 55.2 Å². The van der Waals surface area contributed by atoms with E-state index in [0.29, 0.717) is 12.8 Å². The minimum atomic E-state index is -3.78. The number of aromatic nitrogens is 2. The third-order valence-corrected chi connectivity index (χ3v) is 13.1. The van der Waals surface area contributed by atoms with Gasteiger partial charge in [0.05, 0.1) is 15.7 Å². The quantitative estimate of drug-likeness (QED) is 0.0929. The number of rotatable bonds is 13. The fraction of sp³-hybridized carbons (Fsp3) is 0.128. The third kappa shape index (κ3) is 7.66. The Balaban J connectivity index is 1.29. The van der Waals surface area contributed by atoms with Gasteiger partial charge in [0.25, 0.3) is 0 Å². The minimum Gasteiger partial charge on any atom is -0.357 e. The molecule has 0 fully saturated rings. The van der Waals surface area contributed by atoms with Gasteiger partial charge < -0.3 is 9.97 Å². The number of aromatic amines is 2. The van der Waals surface area contributed by atoms with Gasteiger partial charge in [-0.05, 0) is 102 Å². The summed E-state index contributed by atoms with van der Waals surface area (Å²) in [6.07, 6.45) is 0.713. The van der Waals surface area contributed by atoms with Crippen molar-refractivity contribution in [2.24, 2.45) is 0 Å². The molecule has 52 heavy (non-hydrogen) atoms. The van der Waals surface area contributed by atoms with E-state index in [2.05, 4.69) is 51.3 Å². The van der Waals surface area contributed by atoms with E-state index < -0.39 is 26.0 Å². The lowest BCUT2D eigenvalue weighted by atomic mass is 9.86. The molecule has 13 heteroatoms. The molecule has 0 aliphatic heterocycles. The Morgan fingerprint density at radius 1 is 0.558 bits per heavy atom. The predicted molar refractivity (Wildman–Crippen MR) is 210 cm³/mol. The lowest BCUT2D eigenvalue weighted by Gasteiger charge is -2.21. The lowest BCUT2D eigenvalue weighted by molar-refractivity contribution is 0.580. The second-order valence-corrected chi connectivity index (χ2v) is 17.7. The molecule has 0 unspecified atom stereocenters. The second-order valence-electron chi connectivity index (χ2n) is 12.3. The van der Waals surface area contributed by atoms with Crippen molar-refractivity contribution in [3.05, 3.63) is 164 Å². The van der Waals surface area contributed by atoms with Crippen LogP contribution in [0.25, 0.3) is 21.8 Å². The number of halogens is 3. The molecule has 0 aliphatic carbocycles. The van der Waals surface area contributed by atoms with Crippen LogP contribution < -0.4 is 9.44 Å². The molecule has 0 spiro atoms. The fourth-order valence-electron chi connectivity index (χ4n) is 6.62. The third-order valence-electron chi connectivity index (χ3n) is 9.06. The van der Waals surface area contributed by atoms with E-state index >= 15 is 0 Å². The first-order valence-electron chi connectivity index (χ1n) is 16.4. The summed E-state index contributed by atoms with van der Waals surface area (Å²) < 4.78 is 74.4. The molecule has 0 saturated heterocycles. The highest BCUT2D eigenvalue weighted by atomic mass is 79.9. The molecule has 0 atom stereocenters. The summed E-state index contributed by atoms with van der Waals surface area (Å²) in [5.41, 5.74) is 5.99. The number of H-pyrrole nitrogens is 2. The Morgan fingerprint density at radius 2 is 0.962 bits per heavy atom. The van der Waals surface area contributed by atoms with Crippen molar-refractivity contribution in [1.82, 2.24) is 19.4 Å². The van der Waals surface area contributed by atoms with Gasteiger partial charge in [0.2, 0.25) is 20.0 Å². The minimum absolute atomic E-state index is 0.126. The molecule has 2 aromatic heterocycles. The van der Waals surface area contributed by atoms with Crippen molar-refractivity contribution >= 4 is 73.7 Å². The maximum atomic E-state index is 14.4. The number of nitrogens with one attached hydrogen (secondary N) is 4. The van der Waals surface area contributed by atoms with Gasteiger partial charge in [-0.1, -0.05) is 80.4 Å². The van der Waals surface area contributed by atoms with Crippen LogP contribution in [0.1, 0.15) is 34.0 Å². The average molecular weight is 865 g/mol. The van der Waals surface area contributed by atoms with Crippen molar-refractivity contribution in [2.75, 3.05) is 13.1 Å². The Kier molecular flexibility index (Phi) is 10.5. The van der Waals surface area contributed by atoms with Gasteiger partial charge in [0.1, 0.15) is 5.82 Å². The molecule has 7 rings (SSSR count). The van der Waals surface area contributed by atoms with Gasteiger partial charge in [0.15, 0.2) is 0 Å². The zero-order chi connectivity index (χ0) is 36.5. The number of sulfonamides is 2. The summed E-state index contributed by atoms with van der Waals surface area (Å²) in [5.74, 6) is -0.850. The maximum Gasteiger partial charge on any atom is 0.240 e. The molecule has 2 heterocycles. The van der Waals surface area contributed by atoms with Crippen molar-refractivity contribution in [1.29, 1.82) is 0 Å². The van der Waals surface area contributed by atoms with Crippen molar-refractivity contribution < 1.29 is 21.2 Å². The molecule has 5 aromatic carbocycles. The number of hydrogen-bond donors (Lipinski definition) is 4. The van der Waals surface area contributed by atoms with Gasteiger partial charge in [-0.2, -0.15) is 0 Å². The van der Waals surface area contributed by atoms with Crippen molar-refractivity contribution in [3.63, 3.8) is 0 Å². The van der Waals surface area contributed by atoms with Gasteiger partial charge in [-0.25, -0.2) is 30.7 Å². The summed E-state index contributed by atoms with van der Waals surface area (Å²) in [5, 5.41) is 1.87. The van der Waals surface area contributed by atoms with Crippen LogP contribution in [0.15, 0.2) is 140 Å². The largest absolute Gasteiger partial charge is 0.357 e. The van der Waals surface area contributed by atoms with E-state index in [1.54, 1.807) is 60.7 Å². The first-order chi connectivity index (χ1) is 25.0. The fourth-order valence-corrected chi connectivity index (χ4v) is 9.21. The zero-order valence-corrected chi connectivity index (χ0v) is 32.3. The van der Waals surface area contributed by atoms with E-state index in [4.69, 9.17) is 0 Å². The summed E-state index contributed by atoms with van der Waals surface area (Å²) >= 11 is 6.71. The second kappa shape index (κ2) is 15.1. The van der Waals surface area contributed by atoms with Crippen LogP contribution in [0.3, 0.4) is 0 Å². The predicted octanol–water partition coefficient (Wildman–Crippen LogP) is 8.54. The Bertz CT molecular complexity index is 2430. The molecule has 266 valence electrons. The van der Waals surface area contributed by atoms with E-state index in [1.165, 1.54) is 12.1 Å². The van der Waals surface area contributed by atoms with Crippen molar-refractivity contribution in [2.45, 2.75) is 28.6 Å². The molecular formula is C39H33Br2FN4O4S2.